The van der Waals surface area contributed by atoms with Gasteiger partial charge in [0.25, 0.3) is 6.47 Å². The average Bonchev–Trinajstić information content (AvgIpc) is 2.01. The van der Waals surface area contributed by atoms with Crippen molar-refractivity contribution >= 4 is 6.47 Å². The molecule has 1 unspecified atom stereocenters. The van der Waals surface area contributed by atoms with E-state index in [4.69, 9.17) is 4.74 Å². The van der Waals surface area contributed by atoms with Crippen LogP contribution in [-0.2, 0) is 9.53 Å². The van der Waals surface area contributed by atoms with E-state index in [2.05, 4.69) is 20.8 Å². The molecule has 0 aliphatic heterocycles. The quantitative estimate of drug-likeness (QED) is 0.552. The van der Waals surface area contributed by atoms with Crippen LogP contribution in [0.1, 0.15) is 46.5 Å². The van der Waals surface area contributed by atoms with Crippen molar-refractivity contribution < 1.29 is 9.53 Å². The summed E-state index contributed by atoms with van der Waals surface area (Å²) in [6.45, 7) is 7.05. The van der Waals surface area contributed by atoms with E-state index in [0.29, 0.717) is 12.4 Å². The predicted octanol–water partition coefficient (Wildman–Crippen LogP) is 2.76. The Hall–Kier alpha value is -0.530. The van der Waals surface area contributed by atoms with E-state index in [1.54, 1.807) is 0 Å². The second kappa shape index (κ2) is 7.14. The van der Waals surface area contributed by atoms with Crippen LogP contribution in [0.4, 0.5) is 0 Å². The fourth-order valence-corrected chi connectivity index (χ4v) is 1.20. The molecule has 72 valence electrons. The highest BCUT2D eigenvalue weighted by Gasteiger charge is 2.08. The van der Waals surface area contributed by atoms with Crippen molar-refractivity contribution in [2.24, 2.45) is 5.92 Å². The molecule has 0 heterocycles. The molecule has 0 bridgehead atoms. The third kappa shape index (κ3) is 6.20. The standard InChI is InChI=1S/C10H20O2/c1-4-5-10(12-8-11)7-6-9(2)3/h8-10H,4-7H2,1-3H3. The lowest BCUT2D eigenvalue weighted by Crippen LogP contribution is -2.12. The van der Waals surface area contributed by atoms with Crippen LogP contribution in [0, 0.1) is 5.92 Å². The first-order valence-electron chi connectivity index (χ1n) is 4.79. The topological polar surface area (TPSA) is 26.3 Å². The van der Waals surface area contributed by atoms with Crippen LogP contribution < -0.4 is 0 Å². The molecule has 0 aliphatic rings. The van der Waals surface area contributed by atoms with E-state index in [0.717, 1.165) is 25.7 Å². The third-order valence-corrected chi connectivity index (χ3v) is 1.92. The number of rotatable bonds is 7. The van der Waals surface area contributed by atoms with Crippen molar-refractivity contribution in [1.29, 1.82) is 0 Å². The number of carbonyl (C=O) groups excluding carboxylic acids is 1. The number of ether oxygens (including phenoxy) is 1. The Morgan fingerprint density at radius 1 is 1.25 bits per heavy atom. The highest BCUT2D eigenvalue weighted by molar-refractivity contribution is 5.37. The van der Waals surface area contributed by atoms with Crippen molar-refractivity contribution in [3.05, 3.63) is 0 Å². The lowest BCUT2D eigenvalue weighted by Gasteiger charge is -2.14. The largest absolute Gasteiger partial charge is 0.465 e. The minimum absolute atomic E-state index is 0.148. The van der Waals surface area contributed by atoms with Gasteiger partial charge in [-0.05, 0) is 25.2 Å². The number of carbonyl (C=O) groups is 1. The van der Waals surface area contributed by atoms with Gasteiger partial charge in [0, 0.05) is 0 Å². The van der Waals surface area contributed by atoms with Crippen molar-refractivity contribution in [2.45, 2.75) is 52.6 Å². The SMILES string of the molecule is CCCC(CCC(C)C)OC=O. The van der Waals surface area contributed by atoms with Crippen molar-refractivity contribution in [2.75, 3.05) is 0 Å². The Kier molecular flexibility index (Phi) is 6.82. The Morgan fingerprint density at radius 3 is 2.33 bits per heavy atom. The summed E-state index contributed by atoms with van der Waals surface area (Å²) >= 11 is 0. The van der Waals surface area contributed by atoms with E-state index < -0.39 is 0 Å². The normalized spacial score (nSPS) is 13.0. The van der Waals surface area contributed by atoms with Crippen molar-refractivity contribution in [1.82, 2.24) is 0 Å². The van der Waals surface area contributed by atoms with Gasteiger partial charge in [0.15, 0.2) is 0 Å². The maximum Gasteiger partial charge on any atom is 0.293 e. The Balaban J connectivity index is 3.54. The van der Waals surface area contributed by atoms with Gasteiger partial charge in [0.1, 0.15) is 6.10 Å². The molecule has 0 N–H and O–H groups in total. The summed E-state index contributed by atoms with van der Waals surface area (Å²) in [5.74, 6) is 0.694. The first kappa shape index (κ1) is 11.5. The Labute approximate surface area is 75.3 Å². The lowest BCUT2D eigenvalue weighted by atomic mass is 10.0. The molecule has 0 saturated carbocycles. The summed E-state index contributed by atoms with van der Waals surface area (Å²) in [6.07, 6.45) is 4.36. The van der Waals surface area contributed by atoms with E-state index in [9.17, 15) is 4.79 Å². The highest BCUT2D eigenvalue weighted by atomic mass is 16.5. The Bertz CT molecular complexity index is 110. The smallest absolute Gasteiger partial charge is 0.293 e. The fraction of sp³-hybridized carbons (Fsp3) is 0.900. The fourth-order valence-electron chi connectivity index (χ4n) is 1.20. The van der Waals surface area contributed by atoms with Crippen LogP contribution in [0.3, 0.4) is 0 Å². The first-order chi connectivity index (χ1) is 5.70. The molecule has 0 saturated heterocycles. The lowest BCUT2D eigenvalue weighted by molar-refractivity contribution is -0.134. The van der Waals surface area contributed by atoms with Gasteiger partial charge < -0.3 is 4.74 Å². The summed E-state index contributed by atoms with van der Waals surface area (Å²) in [6, 6.07) is 0. The monoisotopic (exact) mass is 172 g/mol. The van der Waals surface area contributed by atoms with E-state index in [-0.39, 0.29) is 6.10 Å². The molecular weight excluding hydrogens is 152 g/mol. The molecular formula is C10H20O2. The van der Waals surface area contributed by atoms with Crippen LogP contribution in [0.5, 0.6) is 0 Å². The molecule has 0 radical (unpaired) electrons. The molecule has 0 fully saturated rings. The molecule has 2 heteroatoms. The van der Waals surface area contributed by atoms with Crippen LogP contribution in [0.15, 0.2) is 0 Å². The molecule has 0 aliphatic carbocycles. The maximum atomic E-state index is 10.1. The van der Waals surface area contributed by atoms with Gasteiger partial charge in [-0.1, -0.05) is 27.2 Å². The minimum atomic E-state index is 0.148. The molecule has 0 aromatic rings. The van der Waals surface area contributed by atoms with Gasteiger partial charge >= 0.3 is 0 Å². The van der Waals surface area contributed by atoms with Crippen LogP contribution in [-0.4, -0.2) is 12.6 Å². The second-order valence-corrected chi connectivity index (χ2v) is 3.61. The molecule has 0 spiro atoms. The van der Waals surface area contributed by atoms with Crippen LogP contribution in [0.25, 0.3) is 0 Å². The first-order valence-corrected chi connectivity index (χ1v) is 4.79. The van der Waals surface area contributed by atoms with E-state index in [1.165, 1.54) is 0 Å². The summed E-state index contributed by atoms with van der Waals surface area (Å²) in [5.41, 5.74) is 0. The van der Waals surface area contributed by atoms with E-state index >= 15 is 0 Å². The summed E-state index contributed by atoms with van der Waals surface area (Å²) in [5, 5.41) is 0. The van der Waals surface area contributed by atoms with E-state index in [1.807, 2.05) is 0 Å². The summed E-state index contributed by atoms with van der Waals surface area (Å²) in [4.78, 5) is 10.1. The number of hydrogen-bond acceptors (Lipinski definition) is 2. The Morgan fingerprint density at radius 2 is 1.92 bits per heavy atom. The van der Waals surface area contributed by atoms with Crippen LogP contribution >= 0.6 is 0 Å². The predicted molar refractivity (Wildman–Crippen MR) is 49.9 cm³/mol. The maximum absolute atomic E-state index is 10.1. The van der Waals surface area contributed by atoms with Gasteiger partial charge in [-0.15, -0.1) is 0 Å². The molecule has 1 atom stereocenters. The summed E-state index contributed by atoms with van der Waals surface area (Å²) in [7, 11) is 0. The van der Waals surface area contributed by atoms with Gasteiger partial charge in [-0.3, -0.25) is 4.79 Å². The molecule has 0 aromatic carbocycles. The molecule has 12 heavy (non-hydrogen) atoms. The highest BCUT2D eigenvalue weighted by Crippen LogP contribution is 2.12. The minimum Gasteiger partial charge on any atom is -0.465 e. The molecule has 0 rings (SSSR count). The second-order valence-electron chi connectivity index (χ2n) is 3.61. The van der Waals surface area contributed by atoms with Crippen molar-refractivity contribution in [3.63, 3.8) is 0 Å². The zero-order valence-electron chi connectivity index (χ0n) is 8.38. The molecule has 0 amide bonds. The number of hydrogen-bond donors (Lipinski definition) is 0. The zero-order valence-corrected chi connectivity index (χ0v) is 8.38. The zero-order chi connectivity index (χ0) is 9.40. The van der Waals surface area contributed by atoms with Gasteiger partial charge in [-0.25, -0.2) is 0 Å². The van der Waals surface area contributed by atoms with Crippen molar-refractivity contribution in [3.8, 4) is 0 Å². The van der Waals surface area contributed by atoms with Gasteiger partial charge in [-0.2, -0.15) is 0 Å². The average molecular weight is 172 g/mol. The third-order valence-electron chi connectivity index (χ3n) is 1.92. The summed E-state index contributed by atoms with van der Waals surface area (Å²) < 4.78 is 4.95. The molecule has 2 nitrogen and oxygen atoms in total. The molecule has 0 aromatic heterocycles. The van der Waals surface area contributed by atoms with Crippen LogP contribution in [0.2, 0.25) is 0 Å². The van der Waals surface area contributed by atoms with Gasteiger partial charge in [0.2, 0.25) is 0 Å². The van der Waals surface area contributed by atoms with Gasteiger partial charge in [0.05, 0.1) is 0 Å².